The molecular formula is C31H29ClN4O3. The zero-order valence-electron chi connectivity index (χ0n) is 21.8. The van der Waals surface area contributed by atoms with Crippen LogP contribution in [-0.2, 0) is 17.8 Å². The maximum Gasteiger partial charge on any atom is 0.267 e. The Morgan fingerprint density at radius 1 is 1.05 bits per heavy atom. The fourth-order valence-electron chi connectivity index (χ4n) is 4.70. The number of aromatic nitrogens is 2. The van der Waals surface area contributed by atoms with Gasteiger partial charge in [0.1, 0.15) is 11.4 Å². The molecule has 198 valence electrons. The minimum Gasteiger partial charge on any atom is -0.497 e. The van der Waals surface area contributed by atoms with Crippen LogP contribution in [0, 0.1) is 0 Å². The molecule has 0 atom stereocenters. The number of para-hydroxylation sites is 1. The van der Waals surface area contributed by atoms with Gasteiger partial charge in [0.25, 0.3) is 11.8 Å². The van der Waals surface area contributed by atoms with E-state index in [1.165, 1.54) is 0 Å². The minimum atomic E-state index is -0.454. The predicted octanol–water partition coefficient (Wildman–Crippen LogP) is 5.93. The number of amides is 2. The number of carbonyl (C=O) groups excluding carboxylic acids is 2. The molecule has 0 aliphatic carbocycles. The van der Waals surface area contributed by atoms with E-state index in [-0.39, 0.29) is 11.6 Å². The molecule has 2 aromatic heterocycles. The highest BCUT2D eigenvalue weighted by Gasteiger charge is 2.18. The second kappa shape index (κ2) is 11.5. The standard InChI is InChI=1S/C31H29ClN4O3/c1-3-36-19-21(23-8-5-7-11-29(23)36)16-28(35-30(37)24-9-4-6-10-26(24)32)31(38)33-15-14-20-18-34-27-13-12-22(39-2)17-25(20)27/h4-13,16-19,34H,3,14-15H2,1-2H3,(H,33,38)(H,35,37). The van der Waals surface area contributed by atoms with Crippen molar-refractivity contribution >= 4 is 51.3 Å². The smallest absolute Gasteiger partial charge is 0.267 e. The van der Waals surface area contributed by atoms with Crippen molar-refractivity contribution in [1.82, 2.24) is 20.2 Å². The molecule has 0 radical (unpaired) electrons. The lowest BCUT2D eigenvalue weighted by atomic mass is 10.1. The molecule has 0 saturated carbocycles. The van der Waals surface area contributed by atoms with Gasteiger partial charge in [0.2, 0.25) is 0 Å². The average molecular weight is 541 g/mol. The van der Waals surface area contributed by atoms with Crippen LogP contribution in [0.3, 0.4) is 0 Å². The van der Waals surface area contributed by atoms with Gasteiger partial charge in [-0.05, 0) is 61.4 Å². The van der Waals surface area contributed by atoms with Crippen molar-refractivity contribution < 1.29 is 14.3 Å². The van der Waals surface area contributed by atoms with Crippen LogP contribution in [0.2, 0.25) is 5.02 Å². The number of nitrogens with zero attached hydrogens (tertiary/aromatic N) is 1. The number of benzene rings is 3. The SMILES string of the molecule is CCn1cc(C=C(NC(=O)c2ccccc2Cl)C(=O)NCCc2c[nH]c3ccc(OC)cc23)c2ccccc21. The van der Waals surface area contributed by atoms with Gasteiger partial charge >= 0.3 is 0 Å². The molecule has 3 N–H and O–H groups in total. The molecule has 0 saturated heterocycles. The van der Waals surface area contributed by atoms with Crippen LogP contribution in [-0.4, -0.2) is 35.0 Å². The largest absolute Gasteiger partial charge is 0.497 e. The Morgan fingerprint density at radius 2 is 1.85 bits per heavy atom. The Morgan fingerprint density at radius 3 is 2.64 bits per heavy atom. The third kappa shape index (κ3) is 5.54. The Kier molecular flexibility index (Phi) is 7.70. The Hall–Kier alpha value is -4.49. The van der Waals surface area contributed by atoms with Crippen molar-refractivity contribution in [1.29, 1.82) is 0 Å². The van der Waals surface area contributed by atoms with Crippen molar-refractivity contribution in [2.45, 2.75) is 19.9 Å². The molecule has 7 nitrogen and oxygen atoms in total. The zero-order valence-corrected chi connectivity index (χ0v) is 22.5. The quantitative estimate of drug-likeness (QED) is 0.202. The number of hydrogen-bond donors (Lipinski definition) is 3. The van der Waals surface area contributed by atoms with Crippen molar-refractivity contribution in [3.63, 3.8) is 0 Å². The minimum absolute atomic E-state index is 0.138. The van der Waals surface area contributed by atoms with Gasteiger partial charge in [-0.2, -0.15) is 0 Å². The summed E-state index contributed by atoms with van der Waals surface area (Å²) in [6.07, 6.45) is 6.24. The summed E-state index contributed by atoms with van der Waals surface area (Å²) in [7, 11) is 1.64. The first-order chi connectivity index (χ1) is 19.0. The number of H-pyrrole nitrogens is 1. The van der Waals surface area contributed by atoms with E-state index < -0.39 is 5.91 Å². The first-order valence-corrected chi connectivity index (χ1v) is 13.1. The number of hydrogen-bond acceptors (Lipinski definition) is 3. The van der Waals surface area contributed by atoms with Crippen molar-refractivity contribution in [3.8, 4) is 5.75 Å². The number of rotatable bonds is 9. The molecule has 39 heavy (non-hydrogen) atoms. The molecule has 0 spiro atoms. The van der Waals surface area contributed by atoms with Gasteiger partial charge in [0, 0.05) is 52.9 Å². The highest BCUT2D eigenvalue weighted by atomic mass is 35.5. The van der Waals surface area contributed by atoms with Gasteiger partial charge < -0.3 is 24.9 Å². The molecule has 8 heteroatoms. The van der Waals surface area contributed by atoms with Crippen molar-refractivity contribution in [3.05, 3.63) is 107 Å². The molecule has 0 fully saturated rings. The molecule has 0 aliphatic rings. The normalized spacial score (nSPS) is 11.6. The Labute approximate surface area is 231 Å². The van der Waals surface area contributed by atoms with E-state index in [0.29, 0.717) is 23.6 Å². The molecular weight excluding hydrogens is 512 g/mol. The van der Waals surface area contributed by atoms with Crippen LogP contribution in [0.5, 0.6) is 5.75 Å². The lowest BCUT2D eigenvalue weighted by Gasteiger charge is -2.12. The highest BCUT2D eigenvalue weighted by molar-refractivity contribution is 6.34. The third-order valence-electron chi connectivity index (χ3n) is 6.73. The molecule has 2 amide bonds. The molecule has 0 unspecified atom stereocenters. The topological polar surface area (TPSA) is 88.2 Å². The summed E-state index contributed by atoms with van der Waals surface area (Å²) < 4.78 is 7.47. The number of nitrogens with one attached hydrogen (secondary N) is 3. The van der Waals surface area contributed by atoms with Gasteiger partial charge in [-0.3, -0.25) is 9.59 Å². The third-order valence-corrected chi connectivity index (χ3v) is 7.06. The summed E-state index contributed by atoms with van der Waals surface area (Å²) in [4.78, 5) is 29.8. The Balaban J connectivity index is 1.41. The fourth-order valence-corrected chi connectivity index (χ4v) is 4.92. The van der Waals surface area contributed by atoms with Crippen LogP contribution in [0.4, 0.5) is 0 Å². The first-order valence-electron chi connectivity index (χ1n) is 12.8. The monoisotopic (exact) mass is 540 g/mol. The average Bonchev–Trinajstić information content (AvgIpc) is 3.53. The molecule has 2 heterocycles. The maximum atomic E-state index is 13.4. The van der Waals surface area contributed by atoms with E-state index in [1.807, 2.05) is 54.9 Å². The van der Waals surface area contributed by atoms with E-state index in [2.05, 4.69) is 27.1 Å². The molecule has 0 bridgehead atoms. The molecule has 5 rings (SSSR count). The van der Waals surface area contributed by atoms with Gasteiger partial charge in [-0.1, -0.05) is 41.9 Å². The first kappa shape index (κ1) is 26.1. The van der Waals surface area contributed by atoms with E-state index in [1.54, 1.807) is 37.5 Å². The summed E-state index contributed by atoms with van der Waals surface area (Å²) in [5.74, 6) is -0.0720. The van der Waals surface area contributed by atoms with E-state index in [9.17, 15) is 9.59 Å². The summed E-state index contributed by atoms with van der Waals surface area (Å²) in [6, 6.07) is 20.6. The lowest BCUT2D eigenvalue weighted by Crippen LogP contribution is -2.35. The van der Waals surface area contributed by atoms with E-state index >= 15 is 0 Å². The number of halogens is 1. The van der Waals surface area contributed by atoms with Crippen molar-refractivity contribution in [2.24, 2.45) is 0 Å². The van der Waals surface area contributed by atoms with E-state index in [4.69, 9.17) is 16.3 Å². The summed E-state index contributed by atoms with van der Waals surface area (Å²) >= 11 is 6.26. The van der Waals surface area contributed by atoms with Gasteiger partial charge in [-0.25, -0.2) is 0 Å². The van der Waals surface area contributed by atoms with Gasteiger partial charge in [0.05, 0.1) is 17.7 Å². The summed E-state index contributed by atoms with van der Waals surface area (Å²) in [5.41, 5.74) is 4.37. The van der Waals surface area contributed by atoms with Gasteiger partial charge in [-0.15, -0.1) is 0 Å². The molecule has 5 aromatic rings. The van der Waals surface area contributed by atoms with Crippen LogP contribution >= 0.6 is 11.6 Å². The number of fused-ring (bicyclic) bond motifs is 2. The van der Waals surface area contributed by atoms with Crippen LogP contribution in [0.1, 0.15) is 28.4 Å². The van der Waals surface area contributed by atoms with Gasteiger partial charge in [0.15, 0.2) is 0 Å². The second-order valence-corrected chi connectivity index (χ2v) is 9.52. The molecule has 3 aromatic carbocycles. The van der Waals surface area contributed by atoms with Crippen LogP contribution < -0.4 is 15.4 Å². The van der Waals surface area contributed by atoms with Crippen molar-refractivity contribution in [2.75, 3.05) is 13.7 Å². The number of aryl methyl sites for hydroxylation is 1. The number of methoxy groups -OCH3 is 1. The second-order valence-electron chi connectivity index (χ2n) is 9.11. The predicted molar refractivity (Wildman–Crippen MR) is 156 cm³/mol. The lowest BCUT2D eigenvalue weighted by molar-refractivity contribution is -0.117. The van der Waals surface area contributed by atoms with Crippen LogP contribution in [0.15, 0.2) is 84.8 Å². The molecule has 0 aliphatic heterocycles. The maximum absolute atomic E-state index is 13.4. The number of ether oxygens (including phenoxy) is 1. The zero-order chi connectivity index (χ0) is 27.4. The highest BCUT2D eigenvalue weighted by Crippen LogP contribution is 2.25. The van der Waals surface area contributed by atoms with Crippen LogP contribution in [0.25, 0.3) is 27.9 Å². The summed E-state index contributed by atoms with van der Waals surface area (Å²) in [5, 5.41) is 8.11. The van der Waals surface area contributed by atoms with E-state index in [0.717, 1.165) is 45.2 Å². The Bertz CT molecular complexity index is 1700. The fraction of sp³-hybridized carbons (Fsp3) is 0.161. The number of aromatic amines is 1. The number of carbonyl (C=O) groups is 2. The summed E-state index contributed by atoms with van der Waals surface area (Å²) in [6.45, 7) is 3.21.